The van der Waals surface area contributed by atoms with Gasteiger partial charge in [0.05, 0.1) is 11.1 Å². The molecule has 2 amide bonds. The van der Waals surface area contributed by atoms with Crippen molar-refractivity contribution in [2.45, 2.75) is 51.6 Å². The van der Waals surface area contributed by atoms with Crippen LogP contribution in [0.3, 0.4) is 0 Å². The molecule has 3 aliphatic heterocycles. The maximum atomic E-state index is 13.3. The smallest absolute Gasteiger partial charge is 0.244 e. The van der Waals surface area contributed by atoms with Crippen molar-refractivity contribution in [1.29, 1.82) is 0 Å². The fourth-order valence-corrected chi connectivity index (χ4v) is 4.83. The molecule has 0 aliphatic carbocycles. The molecule has 3 fully saturated rings. The molecule has 1 atom stereocenters. The normalized spacial score (nSPS) is 26.9. The second-order valence-electron chi connectivity index (χ2n) is 8.16. The Morgan fingerprint density at radius 2 is 2.11 bits per heavy atom. The fraction of sp³-hybridized carbons (Fsp3) is 0.737. The van der Waals surface area contributed by atoms with Gasteiger partial charge in [0, 0.05) is 45.0 Å². The Bertz CT molecular complexity index is 727. The first-order valence-electron chi connectivity index (χ1n) is 9.95. The van der Waals surface area contributed by atoms with Gasteiger partial charge in [0.15, 0.2) is 0 Å². The van der Waals surface area contributed by atoms with E-state index in [1.165, 1.54) is 0 Å². The summed E-state index contributed by atoms with van der Waals surface area (Å²) < 4.78 is 6.99. The number of aryl methyl sites for hydroxylation is 1. The van der Waals surface area contributed by atoms with Crippen LogP contribution in [0.15, 0.2) is 6.07 Å². The number of hydrogen-bond donors (Lipinski definition) is 1. The third kappa shape index (κ3) is 3.42. The maximum absolute atomic E-state index is 13.3. The molecule has 0 saturated carbocycles. The highest BCUT2D eigenvalue weighted by atomic mass is 16.5. The van der Waals surface area contributed by atoms with Crippen molar-refractivity contribution in [3.8, 4) is 0 Å². The average Bonchev–Trinajstić information content (AvgIpc) is 3.22. The number of piperidine rings is 1. The third-order valence-electron chi connectivity index (χ3n) is 6.33. The summed E-state index contributed by atoms with van der Waals surface area (Å²) in [5, 5.41) is 4.27. The second kappa shape index (κ2) is 7.14. The van der Waals surface area contributed by atoms with E-state index in [0.717, 1.165) is 57.6 Å². The highest BCUT2D eigenvalue weighted by molar-refractivity contribution is 5.86. The molecule has 3 saturated heterocycles. The number of likely N-dealkylation sites (tertiary alicyclic amines) is 2. The summed E-state index contributed by atoms with van der Waals surface area (Å²) in [6.45, 7) is 5.44. The van der Waals surface area contributed by atoms with Gasteiger partial charge in [0.1, 0.15) is 12.4 Å². The lowest BCUT2D eigenvalue weighted by Gasteiger charge is -2.44. The maximum Gasteiger partial charge on any atom is 0.244 e. The van der Waals surface area contributed by atoms with Crippen molar-refractivity contribution in [2.24, 2.45) is 5.41 Å². The van der Waals surface area contributed by atoms with Gasteiger partial charge in [-0.05, 0) is 39.0 Å². The first-order chi connectivity index (χ1) is 13.0. The van der Waals surface area contributed by atoms with E-state index in [9.17, 15) is 9.59 Å². The number of nitrogen functional groups attached to an aromatic ring is 1. The van der Waals surface area contributed by atoms with Gasteiger partial charge in [-0.1, -0.05) is 0 Å². The molecule has 1 aromatic rings. The van der Waals surface area contributed by atoms with E-state index < -0.39 is 5.41 Å². The number of anilines is 1. The largest absolute Gasteiger partial charge is 0.384 e. The van der Waals surface area contributed by atoms with Crippen LogP contribution >= 0.6 is 0 Å². The Morgan fingerprint density at radius 1 is 1.33 bits per heavy atom. The van der Waals surface area contributed by atoms with E-state index in [0.29, 0.717) is 24.9 Å². The van der Waals surface area contributed by atoms with E-state index in [1.54, 1.807) is 10.7 Å². The fourth-order valence-electron chi connectivity index (χ4n) is 4.83. The third-order valence-corrected chi connectivity index (χ3v) is 6.33. The van der Waals surface area contributed by atoms with Gasteiger partial charge in [-0.2, -0.15) is 5.10 Å². The van der Waals surface area contributed by atoms with Gasteiger partial charge in [0.25, 0.3) is 0 Å². The predicted molar refractivity (Wildman–Crippen MR) is 99.8 cm³/mol. The number of rotatable bonds is 3. The van der Waals surface area contributed by atoms with Crippen molar-refractivity contribution in [3.05, 3.63) is 11.8 Å². The Kier molecular flexibility index (Phi) is 4.84. The number of amides is 2. The number of nitrogens with zero attached hydrogens (tertiary/aromatic N) is 4. The lowest BCUT2D eigenvalue weighted by molar-refractivity contribution is -0.151. The van der Waals surface area contributed by atoms with Gasteiger partial charge in [-0.15, -0.1) is 0 Å². The molecule has 0 aromatic carbocycles. The van der Waals surface area contributed by atoms with Gasteiger partial charge in [-0.3, -0.25) is 9.59 Å². The molecule has 3 aliphatic rings. The molecular weight excluding hydrogens is 346 g/mol. The zero-order valence-corrected chi connectivity index (χ0v) is 16.0. The van der Waals surface area contributed by atoms with E-state index in [4.69, 9.17) is 10.5 Å². The molecule has 8 nitrogen and oxygen atoms in total. The summed E-state index contributed by atoms with van der Waals surface area (Å²) in [6, 6.07) is 2.05. The van der Waals surface area contributed by atoms with Gasteiger partial charge in [-0.25, -0.2) is 4.68 Å². The number of carbonyl (C=O) groups excluding carboxylic acids is 2. The van der Waals surface area contributed by atoms with Crippen LogP contribution in [0.5, 0.6) is 0 Å². The number of nitrogens with two attached hydrogens (primary N) is 1. The number of aromatic nitrogens is 2. The van der Waals surface area contributed by atoms with Crippen LogP contribution in [0.25, 0.3) is 0 Å². The van der Waals surface area contributed by atoms with Crippen LogP contribution in [0.1, 0.15) is 37.8 Å². The number of ether oxygens (including phenoxy) is 1. The van der Waals surface area contributed by atoms with Gasteiger partial charge in [0.2, 0.25) is 11.8 Å². The van der Waals surface area contributed by atoms with Crippen LogP contribution in [-0.2, 0) is 20.9 Å². The summed E-state index contributed by atoms with van der Waals surface area (Å²) in [4.78, 5) is 30.0. The summed E-state index contributed by atoms with van der Waals surface area (Å²) in [6.07, 6.45) is 4.48. The molecule has 2 N–H and O–H groups in total. The minimum Gasteiger partial charge on any atom is -0.384 e. The van der Waals surface area contributed by atoms with Crippen molar-refractivity contribution in [2.75, 3.05) is 38.6 Å². The van der Waals surface area contributed by atoms with Crippen LogP contribution in [0.4, 0.5) is 5.82 Å². The summed E-state index contributed by atoms with van der Waals surface area (Å²) >= 11 is 0. The zero-order chi connectivity index (χ0) is 19.0. The molecule has 1 unspecified atom stereocenters. The molecule has 4 heterocycles. The Morgan fingerprint density at radius 3 is 2.81 bits per heavy atom. The highest BCUT2D eigenvalue weighted by Crippen LogP contribution is 2.41. The van der Waals surface area contributed by atoms with Crippen LogP contribution in [0, 0.1) is 12.3 Å². The molecule has 148 valence electrons. The quantitative estimate of drug-likeness (QED) is 0.843. The first-order valence-corrected chi connectivity index (χ1v) is 9.95. The van der Waals surface area contributed by atoms with E-state index in [2.05, 4.69) is 10.00 Å². The van der Waals surface area contributed by atoms with E-state index >= 15 is 0 Å². The highest BCUT2D eigenvalue weighted by Gasteiger charge is 2.50. The molecule has 0 bridgehead atoms. The second-order valence-corrected chi connectivity index (χ2v) is 8.16. The lowest BCUT2D eigenvalue weighted by atomic mass is 9.77. The van der Waals surface area contributed by atoms with Crippen molar-refractivity contribution in [3.63, 3.8) is 0 Å². The molecule has 1 spiro atoms. The summed E-state index contributed by atoms with van der Waals surface area (Å²) in [5.41, 5.74) is 6.30. The first kappa shape index (κ1) is 18.3. The summed E-state index contributed by atoms with van der Waals surface area (Å²) in [7, 11) is 0. The topological polar surface area (TPSA) is 93.7 Å². The zero-order valence-electron chi connectivity index (χ0n) is 16.0. The molecule has 4 rings (SSSR count). The minimum absolute atomic E-state index is 0.0161. The molecule has 27 heavy (non-hydrogen) atoms. The van der Waals surface area contributed by atoms with Crippen LogP contribution < -0.4 is 5.73 Å². The lowest BCUT2D eigenvalue weighted by Crippen LogP contribution is -2.55. The Labute approximate surface area is 159 Å². The number of hydrogen-bond acceptors (Lipinski definition) is 5. The minimum atomic E-state index is -0.405. The standard InChI is InChI=1S/C19H29N5O3/c1-14-11-16(20)24(21-14)12-17(25)22-8-6-19(13-22)5-2-7-23(18(19)26)15-3-9-27-10-4-15/h11,15H,2-10,12-13,20H2,1H3. The Hall–Kier alpha value is -2.09. The van der Waals surface area contributed by atoms with Gasteiger partial charge >= 0.3 is 0 Å². The van der Waals surface area contributed by atoms with E-state index in [1.807, 2.05) is 11.8 Å². The van der Waals surface area contributed by atoms with Crippen molar-refractivity contribution < 1.29 is 14.3 Å². The predicted octanol–water partition coefficient (Wildman–Crippen LogP) is 0.794. The van der Waals surface area contributed by atoms with Crippen molar-refractivity contribution in [1.82, 2.24) is 19.6 Å². The Balaban J connectivity index is 1.43. The van der Waals surface area contributed by atoms with Crippen LogP contribution in [0.2, 0.25) is 0 Å². The molecule has 1 aromatic heterocycles. The van der Waals surface area contributed by atoms with Crippen LogP contribution in [-0.4, -0.2) is 70.3 Å². The molecule has 0 radical (unpaired) electrons. The molecular formula is C19H29N5O3. The van der Waals surface area contributed by atoms with Gasteiger partial charge < -0.3 is 20.3 Å². The average molecular weight is 375 g/mol. The monoisotopic (exact) mass is 375 g/mol. The van der Waals surface area contributed by atoms with E-state index in [-0.39, 0.29) is 18.4 Å². The number of carbonyl (C=O) groups is 2. The summed E-state index contributed by atoms with van der Waals surface area (Å²) in [5.74, 6) is 0.720. The SMILES string of the molecule is Cc1cc(N)n(CC(=O)N2CCC3(CCCN(C4CCOCC4)C3=O)C2)n1. The van der Waals surface area contributed by atoms with Crippen molar-refractivity contribution >= 4 is 17.6 Å². The molecule has 8 heteroatoms.